The lowest BCUT2D eigenvalue weighted by Gasteiger charge is -2.19. The first-order valence-electron chi connectivity index (χ1n) is 11.2. The van der Waals surface area contributed by atoms with Crippen molar-refractivity contribution in [3.05, 3.63) is 66.0 Å². The van der Waals surface area contributed by atoms with E-state index in [-0.39, 0.29) is 4.90 Å². The Morgan fingerprint density at radius 1 is 1.00 bits per heavy atom. The van der Waals surface area contributed by atoms with Crippen LogP contribution in [0.5, 0.6) is 0 Å². The van der Waals surface area contributed by atoms with E-state index >= 15 is 0 Å². The highest BCUT2D eigenvalue weighted by atomic mass is 32.2. The molecule has 11 heteroatoms. The van der Waals surface area contributed by atoms with E-state index in [1.165, 1.54) is 15.6 Å². The second kappa shape index (κ2) is 10.1. The fourth-order valence-corrected chi connectivity index (χ4v) is 6.06. The number of hydrogen-bond donors (Lipinski definition) is 3. The summed E-state index contributed by atoms with van der Waals surface area (Å²) in [5.41, 5.74) is 9.27. The summed E-state index contributed by atoms with van der Waals surface area (Å²) >= 11 is 1.46. The minimum absolute atomic E-state index is 0.283. The molecule has 0 atom stereocenters. The molecule has 2 aromatic heterocycles. The maximum absolute atomic E-state index is 12.9. The van der Waals surface area contributed by atoms with Gasteiger partial charge in [0.1, 0.15) is 0 Å². The van der Waals surface area contributed by atoms with Gasteiger partial charge in [0, 0.05) is 43.3 Å². The van der Waals surface area contributed by atoms with Crippen LogP contribution in [0.3, 0.4) is 0 Å². The number of nitrogen functional groups attached to an aromatic ring is 1. The number of sulfonamides is 1. The zero-order chi connectivity index (χ0) is 24.3. The molecule has 0 unspecified atom stereocenters. The molecule has 0 spiro atoms. The fourth-order valence-electron chi connectivity index (χ4n) is 3.79. The molecule has 1 aliphatic heterocycles. The summed E-state index contributed by atoms with van der Waals surface area (Å²) in [4.78, 5) is 13.3. The second-order valence-corrected chi connectivity index (χ2v) is 11.1. The molecule has 1 saturated heterocycles. The number of aromatic nitrogens is 3. The van der Waals surface area contributed by atoms with Gasteiger partial charge in [-0.2, -0.15) is 4.31 Å². The predicted molar refractivity (Wildman–Crippen MR) is 141 cm³/mol. The highest BCUT2D eigenvalue weighted by molar-refractivity contribution is 7.89. The minimum Gasteiger partial charge on any atom is -0.375 e. The Hall–Kier alpha value is -3.38. The van der Waals surface area contributed by atoms with E-state index in [0.717, 1.165) is 34.3 Å². The van der Waals surface area contributed by atoms with Crippen LogP contribution in [0.2, 0.25) is 0 Å². The second-order valence-electron chi connectivity index (χ2n) is 8.11. The van der Waals surface area contributed by atoms with Crippen molar-refractivity contribution in [3.8, 4) is 0 Å². The molecule has 0 amide bonds. The number of fused-ring (bicyclic) bond motifs is 1. The van der Waals surface area contributed by atoms with Gasteiger partial charge in [-0.05, 0) is 54.9 Å². The van der Waals surface area contributed by atoms with Crippen LogP contribution < -0.4 is 16.4 Å². The van der Waals surface area contributed by atoms with E-state index in [0.29, 0.717) is 36.4 Å². The van der Waals surface area contributed by atoms with Crippen molar-refractivity contribution in [2.75, 3.05) is 37.2 Å². The van der Waals surface area contributed by atoms with Gasteiger partial charge in [-0.3, -0.25) is 0 Å². The number of anilines is 3. The van der Waals surface area contributed by atoms with Crippen LogP contribution in [0.4, 0.5) is 16.8 Å². The summed E-state index contributed by atoms with van der Waals surface area (Å²) in [6.07, 6.45) is 8.17. The van der Waals surface area contributed by atoms with Gasteiger partial charge in [-0.1, -0.05) is 29.6 Å². The summed E-state index contributed by atoms with van der Waals surface area (Å²) < 4.78 is 28.4. The number of nitrogens with zero attached hydrogens (tertiary/aromatic N) is 4. The molecule has 1 fully saturated rings. The topological polar surface area (TPSA) is 126 Å². The van der Waals surface area contributed by atoms with Gasteiger partial charge >= 0.3 is 0 Å². The maximum Gasteiger partial charge on any atom is 0.243 e. The van der Waals surface area contributed by atoms with Crippen LogP contribution in [-0.2, 0) is 10.0 Å². The van der Waals surface area contributed by atoms with Crippen molar-refractivity contribution in [1.29, 1.82) is 0 Å². The number of rotatable bonds is 6. The van der Waals surface area contributed by atoms with Crippen LogP contribution in [0, 0.1) is 0 Å². The molecule has 4 N–H and O–H groups in total. The molecule has 5 rings (SSSR count). The van der Waals surface area contributed by atoms with E-state index in [9.17, 15) is 8.42 Å². The van der Waals surface area contributed by atoms with Gasteiger partial charge in [-0.15, -0.1) is 0 Å². The Bertz CT molecular complexity index is 1440. The van der Waals surface area contributed by atoms with E-state index < -0.39 is 10.0 Å². The van der Waals surface area contributed by atoms with Gasteiger partial charge in [-0.25, -0.2) is 23.4 Å². The molecule has 4 aromatic rings. The van der Waals surface area contributed by atoms with Crippen molar-refractivity contribution in [2.24, 2.45) is 0 Å². The quantitative estimate of drug-likeness (QED) is 0.362. The molecule has 35 heavy (non-hydrogen) atoms. The molecule has 0 bridgehead atoms. The molecule has 2 aromatic carbocycles. The standard InChI is InChI=1S/C24H25N7O2S2/c25-23-30-21-9-4-17(14-22(21)34-23)2-3-18-15-27-24(28-16-18)29-19-5-7-20(8-6-19)35(32,33)31-12-1-10-26-11-13-31/h2-9,14-16,26H,1,10-13H2,(H2,25,30)(H,27,28,29). The number of nitrogens with two attached hydrogens (primary N) is 1. The minimum atomic E-state index is -3.50. The largest absolute Gasteiger partial charge is 0.375 e. The number of hydrogen-bond acceptors (Lipinski definition) is 9. The lowest BCUT2D eigenvalue weighted by atomic mass is 10.2. The zero-order valence-electron chi connectivity index (χ0n) is 18.9. The van der Waals surface area contributed by atoms with Crippen molar-refractivity contribution in [2.45, 2.75) is 11.3 Å². The SMILES string of the molecule is Nc1nc2ccc(C=Cc3cnc(Nc4ccc(S(=O)(=O)N5CCCNCC5)cc4)nc3)cc2s1. The number of benzene rings is 2. The summed E-state index contributed by atoms with van der Waals surface area (Å²) in [5.74, 6) is 0.429. The van der Waals surface area contributed by atoms with Gasteiger partial charge in [0.05, 0.1) is 15.1 Å². The van der Waals surface area contributed by atoms with Crippen molar-refractivity contribution in [3.63, 3.8) is 0 Å². The zero-order valence-corrected chi connectivity index (χ0v) is 20.5. The van der Waals surface area contributed by atoms with Crippen LogP contribution in [0.25, 0.3) is 22.4 Å². The van der Waals surface area contributed by atoms with Crippen LogP contribution >= 0.6 is 11.3 Å². The predicted octanol–water partition coefficient (Wildman–Crippen LogP) is 3.57. The first-order valence-corrected chi connectivity index (χ1v) is 13.5. The van der Waals surface area contributed by atoms with Crippen LogP contribution in [0.1, 0.15) is 17.5 Å². The van der Waals surface area contributed by atoms with Gasteiger partial charge < -0.3 is 16.4 Å². The number of nitrogens with one attached hydrogen (secondary N) is 2. The van der Waals surface area contributed by atoms with E-state index in [1.807, 2.05) is 30.4 Å². The van der Waals surface area contributed by atoms with Crippen molar-refractivity contribution < 1.29 is 8.42 Å². The Kier molecular flexibility index (Phi) is 6.73. The Morgan fingerprint density at radius 2 is 1.77 bits per heavy atom. The van der Waals surface area contributed by atoms with Crippen LogP contribution in [-0.4, -0.2) is 53.9 Å². The highest BCUT2D eigenvalue weighted by Gasteiger charge is 2.24. The van der Waals surface area contributed by atoms with E-state index in [2.05, 4.69) is 25.6 Å². The molecule has 180 valence electrons. The Morgan fingerprint density at radius 3 is 2.57 bits per heavy atom. The Labute approximate surface area is 207 Å². The third-order valence-corrected chi connectivity index (χ3v) is 8.38. The van der Waals surface area contributed by atoms with Gasteiger partial charge in [0.25, 0.3) is 0 Å². The van der Waals surface area contributed by atoms with Crippen molar-refractivity contribution >= 4 is 60.5 Å². The fraction of sp³-hybridized carbons (Fsp3) is 0.208. The molecule has 0 radical (unpaired) electrons. The normalized spacial score (nSPS) is 15.4. The molecular formula is C24H25N7O2S2. The lowest BCUT2D eigenvalue weighted by Crippen LogP contribution is -2.34. The highest BCUT2D eigenvalue weighted by Crippen LogP contribution is 2.25. The van der Waals surface area contributed by atoms with Crippen molar-refractivity contribution in [1.82, 2.24) is 24.6 Å². The average Bonchev–Trinajstić information content (AvgIpc) is 3.04. The van der Waals surface area contributed by atoms with Gasteiger partial charge in [0.15, 0.2) is 5.13 Å². The average molecular weight is 508 g/mol. The number of thiazole rings is 1. The summed E-state index contributed by atoms with van der Waals surface area (Å²) in [6.45, 7) is 2.50. The molecule has 3 heterocycles. The summed E-state index contributed by atoms with van der Waals surface area (Å²) in [5, 5.41) is 6.90. The molecular weight excluding hydrogens is 482 g/mol. The monoisotopic (exact) mass is 507 g/mol. The first-order chi connectivity index (χ1) is 17.0. The molecule has 1 aliphatic rings. The van der Waals surface area contributed by atoms with Crippen LogP contribution in [0.15, 0.2) is 59.8 Å². The molecule has 0 saturated carbocycles. The first kappa shape index (κ1) is 23.4. The van der Waals surface area contributed by atoms with E-state index in [4.69, 9.17) is 5.73 Å². The third kappa shape index (κ3) is 5.49. The Balaban J connectivity index is 1.23. The third-order valence-electron chi connectivity index (χ3n) is 5.62. The lowest BCUT2D eigenvalue weighted by molar-refractivity contribution is 0.432. The van der Waals surface area contributed by atoms with Gasteiger partial charge in [0.2, 0.25) is 16.0 Å². The van der Waals surface area contributed by atoms with E-state index in [1.54, 1.807) is 36.7 Å². The smallest absolute Gasteiger partial charge is 0.243 e. The molecule has 0 aliphatic carbocycles. The maximum atomic E-state index is 12.9. The summed E-state index contributed by atoms with van der Waals surface area (Å²) in [7, 11) is -3.50. The molecule has 9 nitrogen and oxygen atoms in total. The summed E-state index contributed by atoms with van der Waals surface area (Å²) in [6, 6.07) is 12.7.